The highest BCUT2D eigenvalue weighted by Gasteiger charge is 2.31. The smallest absolute Gasteiger partial charge is 0.132 e. The van der Waals surface area contributed by atoms with Gasteiger partial charge in [-0.1, -0.05) is 81.1 Å². The van der Waals surface area contributed by atoms with Crippen molar-refractivity contribution in [2.75, 3.05) is 0 Å². The lowest BCUT2D eigenvalue weighted by atomic mass is 9.97. The fourth-order valence-electron chi connectivity index (χ4n) is 4.96. The predicted octanol–water partition coefficient (Wildman–Crippen LogP) is 6.18. The molecule has 31 heavy (non-hydrogen) atoms. The Labute approximate surface area is 190 Å². The minimum absolute atomic E-state index is 1.18. The van der Waals surface area contributed by atoms with E-state index in [2.05, 4.69) is 92.6 Å². The zero-order valence-electron chi connectivity index (χ0n) is 18.6. The van der Waals surface area contributed by atoms with Crippen LogP contribution >= 0.6 is 11.3 Å². The molecule has 2 aliphatic rings. The van der Waals surface area contributed by atoms with Gasteiger partial charge in [-0.15, -0.1) is 22.8 Å². The third kappa shape index (κ3) is 2.90. The van der Waals surface area contributed by atoms with E-state index < -0.39 is 8.07 Å². The normalized spacial score (nSPS) is 12.9. The summed E-state index contributed by atoms with van der Waals surface area (Å²) >= 11 is 1.89. The highest BCUT2D eigenvalue weighted by molar-refractivity contribution is 7.09. The van der Waals surface area contributed by atoms with Crippen molar-refractivity contribution in [1.29, 1.82) is 0 Å². The summed E-state index contributed by atoms with van der Waals surface area (Å²) < 4.78 is 2.66. The fraction of sp³-hybridized carbons (Fsp3) is 0.241. The van der Waals surface area contributed by atoms with Crippen LogP contribution in [0.25, 0.3) is 33.4 Å². The van der Waals surface area contributed by atoms with Crippen LogP contribution in [0.15, 0.2) is 48.5 Å². The predicted molar refractivity (Wildman–Crippen MR) is 138 cm³/mol. The van der Waals surface area contributed by atoms with E-state index in [0.29, 0.717) is 0 Å². The standard InChI is InChI=1S/C29H26SSi/c1-5-13-24-20-14-9-11-16-22(20)26-27-23-17-12-10-15-21(23)25(29(27)30-28(24)26)18-19-31(6-2,7-3)8-4/h9-12,14-17H,6-8H2,1-4H3. The molecule has 1 heterocycles. The van der Waals surface area contributed by atoms with Crippen LogP contribution in [0, 0.1) is 23.3 Å². The Kier molecular flexibility index (Phi) is 5.02. The van der Waals surface area contributed by atoms with Crippen LogP contribution in [0.5, 0.6) is 0 Å². The Morgan fingerprint density at radius 1 is 0.677 bits per heavy atom. The van der Waals surface area contributed by atoms with Crippen LogP contribution in [0.1, 0.15) is 38.8 Å². The number of hydrogen-bond donors (Lipinski definition) is 0. The molecule has 0 saturated heterocycles. The minimum Gasteiger partial charge on any atom is -0.132 e. The molecule has 0 bridgehead atoms. The third-order valence-corrected chi connectivity index (χ3v) is 13.0. The van der Waals surface area contributed by atoms with E-state index in [4.69, 9.17) is 0 Å². The van der Waals surface area contributed by atoms with Gasteiger partial charge in [-0.05, 0) is 47.3 Å². The van der Waals surface area contributed by atoms with Crippen LogP contribution in [0.3, 0.4) is 0 Å². The molecule has 0 N–H and O–H groups in total. The van der Waals surface area contributed by atoms with E-state index in [-0.39, 0.29) is 0 Å². The summed E-state index contributed by atoms with van der Waals surface area (Å²) in [5.41, 5.74) is 14.2. The molecular weight excluding hydrogens is 408 g/mol. The summed E-state index contributed by atoms with van der Waals surface area (Å²) in [7, 11) is -1.52. The second-order valence-electron chi connectivity index (χ2n) is 8.32. The monoisotopic (exact) mass is 434 g/mol. The van der Waals surface area contributed by atoms with Gasteiger partial charge in [0.2, 0.25) is 0 Å². The fourth-order valence-corrected chi connectivity index (χ4v) is 8.74. The summed E-state index contributed by atoms with van der Waals surface area (Å²) in [6, 6.07) is 21.2. The SMILES string of the molecule is CC#CC1=c2sc3c(c2-c2ccccc21)-c1ccccc1C=3C#C[Si](CC)(CC)CC. The van der Waals surface area contributed by atoms with Crippen molar-refractivity contribution in [3.63, 3.8) is 0 Å². The first-order valence-electron chi connectivity index (χ1n) is 11.2. The number of benzene rings is 2. The van der Waals surface area contributed by atoms with Gasteiger partial charge in [-0.25, -0.2) is 0 Å². The molecule has 3 aromatic rings. The number of thiophene rings is 1. The van der Waals surface area contributed by atoms with Gasteiger partial charge in [-0.3, -0.25) is 0 Å². The van der Waals surface area contributed by atoms with Crippen molar-refractivity contribution >= 4 is 30.6 Å². The molecule has 0 amide bonds. The Morgan fingerprint density at radius 3 is 1.58 bits per heavy atom. The zero-order valence-corrected chi connectivity index (χ0v) is 20.5. The van der Waals surface area contributed by atoms with E-state index in [0.717, 1.165) is 0 Å². The molecule has 0 fully saturated rings. The van der Waals surface area contributed by atoms with Gasteiger partial charge >= 0.3 is 0 Å². The quantitative estimate of drug-likeness (QED) is 0.341. The molecule has 0 unspecified atom stereocenters. The highest BCUT2D eigenvalue weighted by Crippen LogP contribution is 2.42. The molecule has 0 atom stereocenters. The van der Waals surface area contributed by atoms with Gasteiger partial charge in [0.15, 0.2) is 0 Å². The highest BCUT2D eigenvalue weighted by atomic mass is 32.1. The molecule has 2 aliphatic carbocycles. The molecule has 2 heteroatoms. The summed E-state index contributed by atoms with van der Waals surface area (Å²) in [6.45, 7) is 8.91. The maximum Gasteiger partial charge on any atom is 0.138 e. The van der Waals surface area contributed by atoms with Crippen molar-refractivity contribution in [3.05, 3.63) is 68.7 Å². The Hall–Kier alpha value is -2.78. The Balaban J connectivity index is 1.88. The average molecular weight is 435 g/mol. The summed E-state index contributed by atoms with van der Waals surface area (Å²) in [5, 5.41) is 0. The van der Waals surface area contributed by atoms with Gasteiger partial charge in [0.25, 0.3) is 0 Å². The topological polar surface area (TPSA) is 0 Å². The molecular formula is C29H26SSi. The van der Waals surface area contributed by atoms with E-state index in [1.165, 1.54) is 71.7 Å². The van der Waals surface area contributed by atoms with Crippen LogP contribution in [0.4, 0.5) is 0 Å². The van der Waals surface area contributed by atoms with Crippen LogP contribution in [-0.2, 0) is 0 Å². The molecule has 0 saturated carbocycles. The van der Waals surface area contributed by atoms with E-state index in [9.17, 15) is 0 Å². The molecule has 1 aromatic heterocycles. The zero-order chi connectivity index (χ0) is 21.6. The second kappa shape index (κ2) is 7.72. The van der Waals surface area contributed by atoms with Gasteiger partial charge < -0.3 is 0 Å². The Bertz CT molecular complexity index is 1450. The Morgan fingerprint density at radius 2 is 1.13 bits per heavy atom. The first kappa shape index (κ1) is 20.1. The van der Waals surface area contributed by atoms with Crippen LogP contribution in [0.2, 0.25) is 18.1 Å². The molecule has 2 aromatic carbocycles. The minimum atomic E-state index is -1.52. The summed E-state index contributed by atoms with van der Waals surface area (Å²) in [4.78, 5) is 0. The maximum absolute atomic E-state index is 3.85. The number of fused-ring (bicyclic) bond motifs is 7. The van der Waals surface area contributed by atoms with Gasteiger partial charge in [-0.2, -0.15) is 0 Å². The molecule has 5 rings (SSSR count). The molecule has 0 radical (unpaired) electrons. The lowest BCUT2D eigenvalue weighted by Gasteiger charge is -2.20. The van der Waals surface area contributed by atoms with Gasteiger partial charge in [0, 0.05) is 16.7 Å². The van der Waals surface area contributed by atoms with E-state index in [1.807, 2.05) is 18.3 Å². The van der Waals surface area contributed by atoms with Crippen molar-refractivity contribution in [1.82, 2.24) is 0 Å². The molecule has 0 nitrogen and oxygen atoms in total. The van der Waals surface area contributed by atoms with Crippen LogP contribution in [-0.4, -0.2) is 8.07 Å². The van der Waals surface area contributed by atoms with Crippen molar-refractivity contribution in [2.45, 2.75) is 45.8 Å². The van der Waals surface area contributed by atoms with Crippen molar-refractivity contribution < 1.29 is 0 Å². The maximum atomic E-state index is 3.85. The molecule has 152 valence electrons. The lowest BCUT2D eigenvalue weighted by Crippen LogP contribution is -2.29. The van der Waals surface area contributed by atoms with Crippen molar-refractivity contribution in [2.24, 2.45) is 0 Å². The van der Waals surface area contributed by atoms with E-state index in [1.54, 1.807) is 0 Å². The summed E-state index contributed by atoms with van der Waals surface area (Å²) in [6.07, 6.45) is 0. The average Bonchev–Trinajstić information content (AvgIpc) is 3.43. The van der Waals surface area contributed by atoms with Crippen LogP contribution < -0.4 is 9.06 Å². The lowest BCUT2D eigenvalue weighted by molar-refractivity contribution is 1.20. The molecule has 0 spiro atoms. The first-order chi connectivity index (χ1) is 15.2. The summed E-state index contributed by atoms with van der Waals surface area (Å²) in [5.74, 6) is 10.3. The van der Waals surface area contributed by atoms with E-state index >= 15 is 0 Å². The number of rotatable bonds is 3. The van der Waals surface area contributed by atoms with Gasteiger partial charge in [0.05, 0.1) is 14.6 Å². The van der Waals surface area contributed by atoms with Crippen molar-refractivity contribution in [3.8, 4) is 45.6 Å². The third-order valence-electron chi connectivity index (χ3n) is 7.03. The number of hydrogen-bond acceptors (Lipinski definition) is 1. The largest absolute Gasteiger partial charge is 0.138 e. The first-order valence-corrected chi connectivity index (χ1v) is 14.7. The molecule has 0 aliphatic heterocycles. The van der Waals surface area contributed by atoms with Gasteiger partial charge in [0.1, 0.15) is 8.07 Å². The second-order valence-corrected chi connectivity index (χ2v) is 14.3.